The van der Waals surface area contributed by atoms with Crippen LogP contribution in [0.15, 0.2) is 6.20 Å². The molecule has 1 aromatic heterocycles. The van der Waals surface area contributed by atoms with Gasteiger partial charge in [-0.3, -0.25) is 0 Å². The van der Waals surface area contributed by atoms with Crippen LogP contribution in [0.2, 0.25) is 0 Å². The van der Waals surface area contributed by atoms with Crippen molar-refractivity contribution in [2.24, 2.45) is 0 Å². The lowest BCUT2D eigenvalue weighted by molar-refractivity contribution is -0.107. The molecule has 94 valence electrons. The maximum absolute atomic E-state index is 10.1. The molecule has 0 aliphatic heterocycles. The Morgan fingerprint density at radius 1 is 1.33 bits per heavy atom. The van der Waals surface area contributed by atoms with Gasteiger partial charge in [0.2, 0.25) is 0 Å². The van der Waals surface area contributed by atoms with E-state index in [-0.39, 0.29) is 0 Å². The third-order valence-corrected chi connectivity index (χ3v) is 2.44. The van der Waals surface area contributed by atoms with E-state index in [9.17, 15) is 4.79 Å². The van der Waals surface area contributed by atoms with Crippen LogP contribution in [0, 0.1) is 24.2 Å². The van der Waals surface area contributed by atoms with Gasteiger partial charge in [-0.2, -0.15) is 0 Å². The number of H-pyrrole nitrogens is 1. The molecule has 0 radical (unpaired) electrons. The Kier molecular flexibility index (Phi) is 7.09. The summed E-state index contributed by atoms with van der Waals surface area (Å²) in [5.41, 5.74) is 1.04. The van der Waals surface area contributed by atoms with Crippen LogP contribution in [0.1, 0.15) is 43.6 Å². The number of aryl methyl sites for hydroxylation is 1. The van der Waals surface area contributed by atoms with E-state index in [4.69, 9.17) is 6.42 Å². The zero-order valence-corrected chi connectivity index (χ0v) is 10.5. The van der Waals surface area contributed by atoms with Gasteiger partial charge in [0.1, 0.15) is 12.1 Å². The van der Waals surface area contributed by atoms with Crippen molar-refractivity contribution < 1.29 is 4.79 Å². The summed E-state index contributed by atoms with van der Waals surface area (Å²) in [7, 11) is 0. The van der Waals surface area contributed by atoms with E-state index >= 15 is 0 Å². The lowest BCUT2D eigenvalue weighted by Crippen LogP contribution is -1.88. The summed E-state index contributed by atoms with van der Waals surface area (Å²) < 4.78 is 0. The first-order valence-electron chi connectivity index (χ1n) is 6.22. The molecule has 0 atom stereocenters. The van der Waals surface area contributed by atoms with Crippen molar-refractivity contribution in [3.05, 3.63) is 17.7 Å². The average Bonchev–Trinajstić information content (AvgIpc) is 2.82. The van der Waals surface area contributed by atoms with E-state index < -0.39 is 0 Å². The van der Waals surface area contributed by atoms with Crippen molar-refractivity contribution in [2.75, 3.05) is 0 Å². The normalized spacial score (nSPS) is 9.28. The Bertz CT molecular complexity index is 457. The molecule has 0 aromatic carbocycles. The lowest BCUT2D eigenvalue weighted by atomic mass is 10.2. The van der Waals surface area contributed by atoms with Gasteiger partial charge in [0.15, 0.2) is 0 Å². The van der Waals surface area contributed by atoms with Crippen molar-refractivity contribution in [1.29, 1.82) is 0 Å². The molecule has 0 amide bonds. The molecule has 0 unspecified atom stereocenters. The summed E-state index contributed by atoms with van der Waals surface area (Å²) in [5, 5.41) is 0. The quantitative estimate of drug-likeness (QED) is 0.453. The molecule has 3 nitrogen and oxygen atoms in total. The van der Waals surface area contributed by atoms with Crippen molar-refractivity contribution >= 4 is 6.29 Å². The van der Waals surface area contributed by atoms with Gasteiger partial charge >= 0.3 is 0 Å². The Morgan fingerprint density at radius 2 is 2.22 bits per heavy atom. The summed E-state index contributed by atoms with van der Waals surface area (Å²) in [5.74, 6) is 9.71. The number of carbonyl (C=O) groups is 1. The monoisotopic (exact) mass is 242 g/mol. The topological polar surface area (TPSA) is 45.8 Å². The first kappa shape index (κ1) is 14.1. The van der Waals surface area contributed by atoms with Crippen molar-refractivity contribution in [3.8, 4) is 24.2 Å². The molecule has 18 heavy (non-hydrogen) atoms. The molecule has 0 bridgehead atoms. The highest BCUT2D eigenvalue weighted by Crippen LogP contribution is 2.02. The van der Waals surface area contributed by atoms with E-state index in [2.05, 4.69) is 27.7 Å². The molecule has 0 saturated heterocycles. The van der Waals surface area contributed by atoms with Gasteiger partial charge < -0.3 is 9.78 Å². The van der Waals surface area contributed by atoms with E-state index in [1.54, 1.807) is 0 Å². The second-order valence-corrected chi connectivity index (χ2v) is 4.00. The summed E-state index contributed by atoms with van der Waals surface area (Å²) in [6.45, 7) is 0. The minimum absolute atomic E-state index is 0.595. The number of imidazole rings is 1. The number of aldehydes is 1. The fraction of sp³-hybridized carbons (Fsp3) is 0.467. The predicted octanol–water partition coefficient (Wildman–Crippen LogP) is 2.28. The van der Waals surface area contributed by atoms with Gasteiger partial charge in [0, 0.05) is 37.6 Å². The smallest absolute Gasteiger partial charge is 0.120 e. The van der Waals surface area contributed by atoms with Crippen LogP contribution in [-0.2, 0) is 17.6 Å². The minimum atomic E-state index is 0.595. The van der Waals surface area contributed by atoms with Crippen LogP contribution in [0.3, 0.4) is 0 Å². The van der Waals surface area contributed by atoms with Gasteiger partial charge in [-0.15, -0.1) is 18.3 Å². The molecule has 1 rings (SSSR count). The third kappa shape index (κ3) is 5.92. The highest BCUT2D eigenvalue weighted by atomic mass is 16.1. The average molecular weight is 242 g/mol. The Hall–Kier alpha value is -2.00. The van der Waals surface area contributed by atoms with Crippen LogP contribution in [0.5, 0.6) is 0 Å². The van der Waals surface area contributed by atoms with E-state index in [0.29, 0.717) is 12.8 Å². The number of nitrogens with one attached hydrogen (secondary N) is 1. The number of carbonyl (C=O) groups excluding carboxylic acids is 1. The maximum Gasteiger partial charge on any atom is 0.120 e. The summed E-state index contributed by atoms with van der Waals surface area (Å²) >= 11 is 0. The van der Waals surface area contributed by atoms with Gasteiger partial charge in [-0.25, -0.2) is 4.98 Å². The first-order valence-corrected chi connectivity index (χ1v) is 6.22. The molecule has 1 aromatic rings. The number of hydrogen-bond acceptors (Lipinski definition) is 2. The predicted molar refractivity (Wildman–Crippen MR) is 71.8 cm³/mol. The highest BCUT2D eigenvalue weighted by molar-refractivity contribution is 5.49. The molecule has 3 heteroatoms. The number of aromatic amines is 1. The third-order valence-electron chi connectivity index (χ3n) is 2.44. The molecule has 0 aliphatic carbocycles. The van der Waals surface area contributed by atoms with Crippen LogP contribution >= 0.6 is 0 Å². The van der Waals surface area contributed by atoms with E-state index in [0.717, 1.165) is 49.9 Å². The number of hydrogen-bond donors (Lipinski definition) is 1. The summed E-state index contributed by atoms with van der Waals surface area (Å²) in [4.78, 5) is 17.6. The zero-order valence-electron chi connectivity index (χ0n) is 10.5. The second kappa shape index (κ2) is 9.07. The number of unbranched alkanes of at least 4 members (excludes halogenated alkanes) is 3. The molecule has 0 aliphatic rings. The van der Waals surface area contributed by atoms with Gasteiger partial charge in [-0.1, -0.05) is 5.92 Å². The molecule has 1 N–H and O–H groups in total. The lowest BCUT2D eigenvalue weighted by Gasteiger charge is -1.92. The SMILES string of the molecule is C#CCCCc1ncc(CC#CCCCC=O)[nH]1. The number of nitrogens with zero attached hydrogens (tertiary/aromatic N) is 1. The molecular weight excluding hydrogens is 224 g/mol. The highest BCUT2D eigenvalue weighted by Gasteiger charge is 1.98. The minimum Gasteiger partial charge on any atom is -0.345 e. The Morgan fingerprint density at radius 3 is 3.00 bits per heavy atom. The largest absolute Gasteiger partial charge is 0.345 e. The van der Waals surface area contributed by atoms with Crippen LogP contribution < -0.4 is 0 Å². The second-order valence-electron chi connectivity index (χ2n) is 4.00. The van der Waals surface area contributed by atoms with Crippen LogP contribution in [0.4, 0.5) is 0 Å². The summed E-state index contributed by atoms with van der Waals surface area (Å²) in [6.07, 6.45) is 13.5. The maximum atomic E-state index is 10.1. The van der Waals surface area contributed by atoms with Crippen molar-refractivity contribution in [2.45, 2.75) is 44.9 Å². The van der Waals surface area contributed by atoms with E-state index in [1.165, 1.54) is 0 Å². The number of aromatic nitrogens is 2. The van der Waals surface area contributed by atoms with Gasteiger partial charge in [0.25, 0.3) is 0 Å². The molecule has 0 fully saturated rings. The van der Waals surface area contributed by atoms with Gasteiger partial charge in [0.05, 0.1) is 6.42 Å². The molecule has 0 spiro atoms. The molecular formula is C15H18N2O. The van der Waals surface area contributed by atoms with Crippen LogP contribution in [-0.4, -0.2) is 16.3 Å². The number of rotatable bonds is 7. The van der Waals surface area contributed by atoms with Crippen LogP contribution in [0.25, 0.3) is 0 Å². The summed E-state index contributed by atoms with van der Waals surface area (Å²) in [6, 6.07) is 0. The molecule has 0 saturated carbocycles. The fourth-order valence-electron chi connectivity index (χ4n) is 1.50. The Labute approximate surface area is 108 Å². The standard InChI is InChI=1S/C15H18N2O/c1-2-3-7-11-15-16-13-14(17-15)10-8-5-4-6-9-12-18/h1,12-13H,3-4,6-7,9-11H2,(H,16,17). The first-order chi connectivity index (χ1) is 8.86. The zero-order chi connectivity index (χ0) is 13.1. The van der Waals surface area contributed by atoms with E-state index in [1.807, 2.05) is 6.20 Å². The fourth-order valence-corrected chi connectivity index (χ4v) is 1.50. The van der Waals surface area contributed by atoms with Crippen molar-refractivity contribution in [3.63, 3.8) is 0 Å². The number of terminal acetylenes is 1. The van der Waals surface area contributed by atoms with Crippen molar-refractivity contribution in [1.82, 2.24) is 9.97 Å². The Balaban J connectivity index is 2.26. The molecule has 1 heterocycles. The van der Waals surface area contributed by atoms with Gasteiger partial charge in [-0.05, 0) is 12.8 Å².